The van der Waals surface area contributed by atoms with Crippen molar-refractivity contribution in [1.29, 1.82) is 0 Å². The number of hydrogen-bond acceptors (Lipinski definition) is 1. The third-order valence-corrected chi connectivity index (χ3v) is 5.04. The molecule has 28 heavy (non-hydrogen) atoms. The Kier molecular flexibility index (Phi) is 5.84. The quantitative estimate of drug-likeness (QED) is 0.466. The molecular weight excluding hydrogens is 347 g/mol. The average molecular weight is 375 g/mol. The van der Waals surface area contributed by atoms with Crippen LogP contribution < -0.4 is 5.32 Å². The van der Waals surface area contributed by atoms with Crippen molar-refractivity contribution in [3.63, 3.8) is 0 Å². The second kappa shape index (κ2) is 8.30. The molecule has 0 unspecified atom stereocenters. The van der Waals surface area contributed by atoms with Crippen molar-refractivity contribution >= 4 is 22.6 Å². The first kappa shape index (κ1) is 19.7. The van der Waals surface area contributed by atoms with Gasteiger partial charge in [-0.2, -0.15) is 0 Å². The van der Waals surface area contributed by atoms with Gasteiger partial charge in [-0.05, 0) is 61.6 Å². The summed E-state index contributed by atoms with van der Waals surface area (Å²) >= 11 is 0. The third kappa shape index (κ3) is 4.25. The summed E-state index contributed by atoms with van der Waals surface area (Å²) in [6.45, 7) is 14.8. The van der Waals surface area contributed by atoms with Crippen LogP contribution in [0.4, 0.5) is 4.39 Å². The van der Waals surface area contributed by atoms with Gasteiger partial charge in [-0.25, -0.2) is 4.39 Å². The second-order valence-corrected chi connectivity index (χ2v) is 7.28. The molecule has 3 rings (SSSR count). The number of halogens is 1. The average Bonchev–Trinajstić information content (AvgIpc) is 3.01. The van der Waals surface area contributed by atoms with Crippen molar-refractivity contribution in [2.45, 2.75) is 27.2 Å². The van der Waals surface area contributed by atoms with E-state index >= 15 is 0 Å². The first-order chi connectivity index (χ1) is 13.4. The molecule has 2 nitrogen and oxygen atoms in total. The normalized spacial score (nSPS) is 11.3. The van der Waals surface area contributed by atoms with Gasteiger partial charge in [0.1, 0.15) is 5.82 Å². The van der Waals surface area contributed by atoms with E-state index in [2.05, 4.69) is 47.7 Å². The molecule has 1 aromatic heterocycles. The van der Waals surface area contributed by atoms with Crippen molar-refractivity contribution in [3.8, 4) is 0 Å². The summed E-state index contributed by atoms with van der Waals surface area (Å²) in [6.07, 6.45) is 4.81. The van der Waals surface area contributed by atoms with Crippen LogP contribution in [0.15, 0.2) is 61.3 Å². The summed E-state index contributed by atoms with van der Waals surface area (Å²) in [5.74, 6) is -0.201. The fraction of sp³-hybridized carbons (Fsp3) is 0.200. The lowest BCUT2D eigenvalue weighted by Gasteiger charge is -2.08. The van der Waals surface area contributed by atoms with Crippen LogP contribution in [0.25, 0.3) is 22.6 Å². The van der Waals surface area contributed by atoms with E-state index in [4.69, 9.17) is 0 Å². The number of hydrogen-bond donors (Lipinski definition) is 2. The predicted molar refractivity (Wildman–Crippen MR) is 119 cm³/mol. The summed E-state index contributed by atoms with van der Waals surface area (Å²) < 4.78 is 14.1. The van der Waals surface area contributed by atoms with Gasteiger partial charge in [0.05, 0.1) is 5.52 Å². The van der Waals surface area contributed by atoms with Crippen molar-refractivity contribution in [3.05, 3.63) is 95.1 Å². The molecular formula is C25H27FN2. The molecule has 1 heterocycles. The Morgan fingerprint density at radius 2 is 1.82 bits per heavy atom. The smallest absolute Gasteiger partial charge is 0.147 e. The van der Waals surface area contributed by atoms with E-state index in [0.29, 0.717) is 5.52 Å². The minimum atomic E-state index is -0.201. The number of aromatic amines is 1. The number of rotatable bonds is 7. The first-order valence-corrected chi connectivity index (χ1v) is 9.50. The Labute approximate surface area is 166 Å². The maximum Gasteiger partial charge on any atom is 0.147 e. The summed E-state index contributed by atoms with van der Waals surface area (Å²) in [7, 11) is 0. The number of nitrogens with one attached hydrogen (secondary N) is 2. The lowest BCUT2D eigenvalue weighted by Crippen LogP contribution is -2.15. The molecule has 2 N–H and O–H groups in total. The van der Waals surface area contributed by atoms with Crippen LogP contribution in [0.3, 0.4) is 0 Å². The van der Waals surface area contributed by atoms with Gasteiger partial charge in [0, 0.05) is 23.3 Å². The molecule has 0 aliphatic rings. The Bertz CT molecular complexity index is 1050. The Balaban J connectivity index is 1.61. The monoisotopic (exact) mass is 374 g/mol. The van der Waals surface area contributed by atoms with E-state index in [0.717, 1.165) is 57.6 Å². The minimum Gasteiger partial charge on any atom is -0.385 e. The van der Waals surface area contributed by atoms with Crippen LogP contribution in [0.5, 0.6) is 0 Å². The standard InChI is InChI=1S/C25H27FN2/c1-16(2)21-11-9-20(10-12-21)8-7-18(4)27-15-14-22-19(5)28-25-23(26)13-6-17(3)24(22)25/h6-13,27-28H,1,4,14-15H2,2-3,5H3/b8-7+. The largest absolute Gasteiger partial charge is 0.385 e. The molecule has 0 aliphatic carbocycles. The van der Waals surface area contributed by atoms with E-state index in [1.807, 2.05) is 39.0 Å². The summed E-state index contributed by atoms with van der Waals surface area (Å²) in [5, 5.41) is 4.34. The summed E-state index contributed by atoms with van der Waals surface area (Å²) in [5.41, 5.74) is 8.04. The molecule has 0 radical (unpaired) electrons. The zero-order valence-corrected chi connectivity index (χ0v) is 16.8. The van der Waals surface area contributed by atoms with Gasteiger partial charge in [0.25, 0.3) is 0 Å². The zero-order chi connectivity index (χ0) is 20.3. The molecule has 3 aromatic rings. The zero-order valence-electron chi connectivity index (χ0n) is 16.8. The molecule has 144 valence electrons. The van der Waals surface area contributed by atoms with Crippen LogP contribution >= 0.6 is 0 Å². The van der Waals surface area contributed by atoms with Gasteiger partial charge >= 0.3 is 0 Å². The van der Waals surface area contributed by atoms with Gasteiger partial charge in [-0.3, -0.25) is 0 Å². The molecule has 0 atom stereocenters. The lowest BCUT2D eigenvalue weighted by molar-refractivity contribution is 0.637. The van der Waals surface area contributed by atoms with Crippen molar-refractivity contribution < 1.29 is 4.39 Å². The molecule has 0 saturated carbocycles. The number of aromatic nitrogens is 1. The van der Waals surface area contributed by atoms with Gasteiger partial charge in [0.15, 0.2) is 0 Å². The molecule has 0 fully saturated rings. The highest BCUT2D eigenvalue weighted by molar-refractivity contribution is 5.88. The molecule has 0 amide bonds. The Morgan fingerprint density at radius 1 is 1.11 bits per heavy atom. The lowest BCUT2D eigenvalue weighted by atomic mass is 10.0. The van der Waals surface area contributed by atoms with Crippen LogP contribution in [0.1, 0.15) is 34.9 Å². The van der Waals surface area contributed by atoms with Crippen LogP contribution in [0, 0.1) is 19.7 Å². The van der Waals surface area contributed by atoms with Gasteiger partial charge < -0.3 is 10.3 Å². The highest BCUT2D eigenvalue weighted by atomic mass is 19.1. The number of H-pyrrole nitrogens is 1. The van der Waals surface area contributed by atoms with Crippen LogP contribution in [-0.2, 0) is 6.42 Å². The highest BCUT2D eigenvalue weighted by Gasteiger charge is 2.13. The fourth-order valence-corrected chi connectivity index (χ4v) is 3.44. The third-order valence-electron chi connectivity index (χ3n) is 5.04. The highest BCUT2D eigenvalue weighted by Crippen LogP contribution is 2.27. The topological polar surface area (TPSA) is 27.8 Å². The molecule has 0 saturated heterocycles. The van der Waals surface area contributed by atoms with E-state index in [1.165, 1.54) is 6.07 Å². The van der Waals surface area contributed by atoms with Crippen molar-refractivity contribution in [2.75, 3.05) is 6.54 Å². The maximum atomic E-state index is 14.1. The summed E-state index contributed by atoms with van der Waals surface area (Å²) in [6, 6.07) is 11.6. The van der Waals surface area contributed by atoms with Crippen molar-refractivity contribution in [1.82, 2.24) is 10.3 Å². The van der Waals surface area contributed by atoms with E-state index in [-0.39, 0.29) is 5.82 Å². The van der Waals surface area contributed by atoms with Gasteiger partial charge in [0.2, 0.25) is 0 Å². The molecule has 0 aliphatic heterocycles. The van der Waals surface area contributed by atoms with Crippen LogP contribution in [0.2, 0.25) is 0 Å². The predicted octanol–water partition coefficient (Wildman–Crippen LogP) is 6.32. The number of benzene rings is 2. The number of allylic oxidation sites excluding steroid dienone is 2. The Hall–Kier alpha value is -3.07. The fourth-order valence-electron chi connectivity index (χ4n) is 3.44. The second-order valence-electron chi connectivity index (χ2n) is 7.28. The van der Waals surface area contributed by atoms with E-state index < -0.39 is 0 Å². The van der Waals surface area contributed by atoms with E-state index in [9.17, 15) is 4.39 Å². The minimum absolute atomic E-state index is 0.201. The summed E-state index contributed by atoms with van der Waals surface area (Å²) in [4.78, 5) is 3.19. The molecule has 0 spiro atoms. The maximum absolute atomic E-state index is 14.1. The Morgan fingerprint density at radius 3 is 2.50 bits per heavy atom. The number of aryl methyl sites for hydroxylation is 2. The van der Waals surface area contributed by atoms with Crippen LogP contribution in [-0.4, -0.2) is 11.5 Å². The van der Waals surface area contributed by atoms with Gasteiger partial charge in [-0.15, -0.1) is 0 Å². The SMILES string of the molecule is C=C(/C=C/c1ccc(C(=C)C)cc1)NCCc1c(C)[nH]c2c(F)ccc(C)c12. The molecule has 3 heteroatoms. The first-order valence-electron chi connectivity index (χ1n) is 9.50. The molecule has 2 aromatic carbocycles. The van der Waals surface area contributed by atoms with Crippen molar-refractivity contribution in [2.24, 2.45) is 0 Å². The molecule has 0 bridgehead atoms. The number of fused-ring (bicyclic) bond motifs is 1. The van der Waals surface area contributed by atoms with E-state index in [1.54, 1.807) is 0 Å². The van der Waals surface area contributed by atoms with Gasteiger partial charge in [-0.1, -0.05) is 55.1 Å².